The zero-order valence-electron chi connectivity index (χ0n) is 13.4. The third-order valence-corrected chi connectivity index (χ3v) is 5.04. The predicted molar refractivity (Wildman–Crippen MR) is 86.7 cm³/mol. The van der Waals surface area contributed by atoms with Crippen LogP contribution in [0.2, 0.25) is 0 Å². The average Bonchev–Trinajstić information content (AvgIpc) is 2.50. The van der Waals surface area contributed by atoms with Crippen molar-refractivity contribution in [1.29, 1.82) is 0 Å². The zero-order valence-corrected chi connectivity index (χ0v) is 13.4. The van der Waals surface area contributed by atoms with Crippen molar-refractivity contribution in [3.63, 3.8) is 0 Å². The topological polar surface area (TPSA) is 41.6 Å². The highest BCUT2D eigenvalue weighted by Gasteiger charge is 2.38. The van der Waals surface area contributed by atoms with E-state index in [-0.39, 0.29) is 17.4 Å². The summed E-state index contributed by atoms with van der Waals surface area (Å²) in [5, 5.41) is 3.15. The van der Waals surface area contributed by atoms with Crippen LogP contribution in [0, 0.1) is 5.41 Å². The van der Waals surface area contributed by atoms with Crippen LogP contribution in [0.4, 0.5) is 0 Å². The van der Waals surface area contributed by atoms with Gasteiger partial charge in [-0.05, 0) is 37.3 Å². The highest BCUT2D eigenvalue weighted by molar-refractivity contribution is 5.81. The van der Waals surface area contributed by atoms with Crippen molar-refractivity contribution in [2.24, 2.45) is 5.41 Å². The van der Waals surface area contributed by atoms with Crippen LogP contribution >= 0.6 is 0 Å². The van der Waals surface area contributed by atoms with Crippen LogP contribution in [0.5, 0.6) is 0 Å². The lowest BCUT2D eigenvalue weighted by Crippen LogP contribution is -2.51. The maximum atomic E-state index is 12.3. The van der Waals surface area contributed by atoms with E-state index >= 15 is 0 Å². The molecule has 1 atom stereocenters. The SMILES string of the molecule is CN1CCOC(C(=O)NCC2(Cc3ccccc3)CCC2)C1. The summed E-state index contributed by atoms with van der Waals surface area (Å²) < 4.78 is 5.59. The monoisotopic (exact) mass is 302 g/mol. The van der Waals surface area contributed by atoms with Crippen molar-refractivity contribution < 1.29 is 9.53 Å². The molecule has 1 aliphatic heterocycles. The highest BCUT2D eigenvalue weighted by atomic mass is 16.5. The summed E-state index contributed by atoms with van der Waals surface area (Å²) in [5.41, 5.74) is 1.61. The Hall–Kier alpha value is -1.39. The molecule has 1 N–H and O–H groups in total. The molecule has 0 aromatic heterocycles. The summed E-state index contributed by atoms with van der Waals surface area (Å²) in [6.45, 7) is 3.01. The second-order valence-corrected chi connectivity index (χ2v) is 6.86. The average molecular weight is 302 g/mol. The van der Waals surface area contributed by atoms with Crippen molar-refractivity contribution in [3.8, 4) is 0 Å². The summed E-state index contributed by atoms with van der Waals surface area (Å²) in [5.74, 6) is 0.0471. The number of hydrogen-bond donors (Lipinski definition) is 1. The fourth-order valence-electron chi connectivity index (χ4n) is 3.45. The van der Waals surface area contributed by atoms with Gasteiger partial charge in [0.2, 0.25) is 5.91 Å². The third kappa shape index (κ3) is 3.68. The van der Waals surface area contributed by atoms with E-state index in [1.165, 1.54) is 24.8 Å². The number of rotatable bonds is 5. The van der Waals surface area contributed by atoms with Crippen molar-refractivity contribution in [3.05, 3.63) is 35.9 Å². The third-order valence-electron chi connectivity index (χ3n) is 5.04. The summed E-state index contributed by atoms with van der Waals surface area (Å²) in [6, 6.07) is 10.6. The number of benzene rings is 1. The number of carbonyl (C=O) groups is 1. The summed E-state index contributed by atoms with van der Waals surface area (Å²) >= 11 is 0. The standard InChI is InChI=1S/C18H26N2O2/c1-20-10-11-22-16(13-20)17(21)19-14-18(8-5-9-18)12-15-6-3-2-4-7-15/h2-4,6-7,16H,5,8-14H2,1H3,(H,19,21). The molecular weight excluding hydrogens is 276 g/mol. The Morgan fingerprint density at radius 2 is 2.14 bits per heavy atom. The van der Waals surface area contributed by atoms with Gasteiger partial charge in [-0.15, -0.1) is 0 Å². The van der Waals surface area contributed by atoms with E-state index in [9.17, 15) is 4.79 Å². The fourth-order valence-corrected chi connectivity index (χ4v) is 3.45. The van der Waals surface area contributed by atoms with Gasteiger partial charge in [0.1, 0.15) is 6.10 Å². The Labute approximate surface area is 132 Å². The Morgan fingerprint density at radius 3 is 2.77 bits per heavy atom. The minimum atomic E-state index is -0.312. The number of amides is 1. The molecule has 2 fully saturated rings. The molecule has 1 aromatic rings. The number of nitrogens with zero attached hydrogens (tertiary/aromatic N) is 1. The zero-order chi connectivity index (χ0) is 15.4. The van der Waals surface area contributed by atoms with Crippen LogP contribution in [-0.2, 0) is 16.0 Å². The van der Waals surface area contributed by atoms with Gasteiger partial charge in [-0.3, -0.25) is 4.79 Å². The van der Waals surface area contributed by atoms with Gasteiger partial charge in [0.05, 0.1) is 6.61 Å². The maximum absolute atomic E-state index is 12.3. The number of likely N-dealkylation sites (N-methyl/N-ethyl adjacent to an activating group) is 1. The first-order valence-corrected chi connectivity index (χ1v) is 8.29. The van der Waals surface area contributed by atoms with Crippen molar-refractivity contribution >= 4 is 5.91 Å². The second kappa shape index (κ2) is 6.80. The Balaban J connectivity index is 1.53. The molecule has 1 heterocycles. The first-order valence-electron chi connectivity index (χ1n) is 8.29. The van der Waals surface area contributed by atoms with E-state index < -0.39 is 0 Å². The molecule has 1 amide bonds. The molecule has 3 rings (SSSR count). The molecule has 0 spiro atoms. The molecule has 4 nitrogen and oxygen atoms in total. The first kappa shape index (κ1) is 15.5. The van der Waals surface area contributed by atoms with E-state index in [4.69, 9.17) is 4.74 Å². The largest absolute Gasteiger partial charge is 0.366 e. The summed E-state index contributed by atoms with van der Waals surface area (Å²) in [4.78, 5) is 14.5. The van der Waals surface area contributed by atoms with Gasteiger partial charge in [-0.25, -0.2) is 0 Å². The van der Waals surface area contributed by atoms with Gasteiger partial charge in [0.15, 0.2) is 0 Å². The molecular formula is C18H26N2O2. The number of ether oxygens (including phenoxy) is 1. The number of carbonyl (C=O) groups excluding carboxylic acids is 1. The van der Waals surface area contributed by atoms with Gasteiger partial charge in [0.25, 0.3) is 0 Å². The van der Waals surface area contributed by atoms with E-state index in [1.54, 1.807) is 0 Å². The molecule has 4 heteroatoms. The molecule has 1 aliphatic carbocycles. The van der Waals surface area contributed by atoms with E-state index in [0.29, 0.717) is 13.2 Å². The van der Waals surface area contributed by atoms with E-state index in [2.05, 4.69) is 40.5 Å². The molecule has 0 bridgehead atoms. The van der Waals surface area contributed by atoms with Gasteiger partial charge in [0, 0.05) is 19.6 Å². The van der Waals surface area contributed by atoms with Gasteiger partial charge < -0.3 is 15.0 Å². The lowest BCUT2D eigenvalue weighted by molar-refractivity contribution is -0.138. The van der Waals surface area contributed by atoms with E-state index in [1.807, 2.05) is 7.05 Å². The van der Waals surface area contributed by atoms with Gasteiger partial charge >= 0.3 is 0 Å². The van der Waals surface area contributed by atoms with Crippen LogP contribution in [0.3, 0.4) is 0 Å². The number of morpholine rings is 1. The quantitative estimate of drug-likeness (QED) is 0.902. The van der Waals surface area contributed by atoms with Crippen LogP contribution in [0.1, 0.15) is 24.8 Å². The minimum Gasteiger partial charge on any atom is -0.366 e. The molecule has 120 valence electrons. The smallest absolute Gasteiger partial charge is 0.250 e. The first-order chi connectivity index (χ1) is 10.7. The van der Waals surface area contributed by atoms with Crippen LogP contribution < -0.4 is 5.32 Å². The Morgan fingerprint density at radius 1 is 1.36 bits per heavy atom. The normalized spacial score (nSPS) is 24.5. The molecule has 22 heavy (non-hydrogen) atoms. The van der Waals surface area contributed by atoms with Crippen LogP contribution in [-0.4, -0.2) is 50.2 Å². The number of hydrogen-bond acceptors (Lipinski definition) is 3. The summed E-state index contributed by atoms with van der Waals surface area (Å²) in [6.07, 6.45) is 4.42. The molecule has 1 saturated carbocycles. The number of nitrogens with one attached hydrogen (secondary N) is 1. The summed E-state index contributed by atoms with van der Waals surface area (Å²) in [7, 11) is 2.03. The van der Waals surface area contributed by atoms with Crippen molar-refractivity contribution in [2.45, 2.75) is 31.8 Å². The Bertz CT molecular complexity index is 499. The Kier molecular flexibility index (Phi) is 4.79. The van der Waals surface area contributed by atoms with Crippen LogP contribution in [0.15, 0.2) is 30.3 Å². The van der Waals surface area contributed by atoms with E-state index in [0.717, 1.165) is 19.5 Å². The maximum Gasteiger partial charge on any atom is 0.250 e. The minimum absolute atomic E-state index is 0.0471. The molecule has 1 unspecified atom stereocenters. The second-order valence-electron chi connectivity index (χ2n) is 6.86. The molecule has 1 aromatic carbocycles. The predicted octanol–water partition coefficient (Wildman–Crippen LogP) is 1.85. The molecule has 1 saturated heterocycles. The van der Waals surface area contributed by atoms with Crippen molar-refractivity contribution in [1.82, 2.24) is 10.2 Å². The fraction of sp³-hybridized carbons (Fsp3) is 0.611. The van der Waals surface area contributed by atoms with Gasteiger partial charge in [-0.2, -0.15) is 0 Å². The van der Waals surface area contributed by atoms with Crippen molar-refractivity contribution in [2.75, 3.05) is 33.3 Å². The lowest BCUT2D eigenvalue weighted by Gasteiger charge is -2.42. The highest BCUT2D eigenvalue weighted by Crippen LogP contribution is 2.43. The molecule has 0 radical (unpaired) electrons. The van der Waals surface area contributed by atoms with Gasteiger partial charge in [-0.1, -0.05) is 36.8 Å². The lowest BCUT2D eigenvalue weighted by atomic mass is 9.65. The molecule has 2 aliphatic rings. The van der Waals surface area contributed by atoms with Crippen LogP contribution in [0.25, 0.3) is 0 Å².